The summed E-state index contributed by atoms with van der Waals surface area (Å²) in [4.78, 5) is 38.6. The minimum Gasteiger partial charge on any atom is -0.350 e. The molecule has 1 aliphatic heterocycles. The lowest BCUT2D eigenvalue weighted by Crippen LogP contribution is -2.37. The molecule has 4 rings (SSSR count). The maximum Gasteiger partial charge on any atom is 0.293 e. The highest BCUT2D eigenvalue weighted by Crippen LogP contribution is 2.33. The van der Waals surface area contributed by atoms with Crippen molar-refractivity contribution in [2.45, 2.75) is 0 Å². The van der Waals surface area contributed by atoms with Crippen LogP contribution in [0.4, 0.5) is 4.79 Å². The molecule has 12 heteroatoms. The molecule has 162 valence electrons. The van der Waals surface area contributed by atoms with Gasteiger partial charge in [0, 0.05) is 28.7 Å². The minimum absolute atomic E-state index is 0.0464. The first-order valence-corrected chi connectivity index (χ1v) is 10.8. The van der Waals surface area contributed by atoms with Crippen molar-refractivity contribution >= 4 is 58.1 Å². The van der Waals surface area contributed by atoms with Gasteiger partial charge in [-0.1, -0.05) is 29.3 Å². The molecule has 1 aliphatic rings. The number of hydrogen-bond acceptors (Lipinski definition) is 7. The van der Waals surface area contributed by atoms with Gasteiger partial charge in [-0.3, -0.25) is 19.3 Å². The largest absolute Gasteiger partial charge is 0.350 e. The Morgan fingerprint density at radius 2 is 1.91 bits per heavy atom. The van der Waals surface area contributed by atoms with E-state index in [4.69, 9.17) is 23.2 Å². The maximum absolute atomic E-state index is 12.6. The zero-order chi connectivity index (χ0) is 22.7. The van der Waals surface area contributed by atoms with E-state index in [0.717, 1.165) is 16.7 Å². The van der Waals surface area contributed by atoms with Gasteiger partial charge in [0.2, 0.25) is 0 Å². The van der Waals surface area contributed by atoms with Crippen LogP contribution in [0.15, 0.2) is 53.7 Å². The molecule has 1 aromatic heterocycles. The summed E-state index contributed by atoms with van der Waals surface area (Å²) in [6.07, 6.45) is 3.00. The Morgan fingerprint density at radius 3 is 2.59 bits per heavy atom. The molecule has 1 N–H and O–H groups in total. The van der Waals surface area contributed by atoms with Crippen LogP contribution in [0.1, 0.15) is 15.9 Å². The van der Waals surface area contributed by atoms with Crippen LogP contribution >= 0.6 is 35.0 Å². The van der Waals surface area contributed by atoms with Crippen molar-refractivity contribution in [1.29, 1.82) is 0 Å². The Bertz CT molecular complexity index is 1210. The standard InChI is InChI=1S/C20H14Cl2N6O3S/c21-14-4-1-13(16(22)10-14)9-17-19(30)27(20(31)32-17)8-7-23-18(29)12-2-5-15(6-3-12)28-11-24-25-26-28/h1-6,9-11H,7-8H2,(H,23,29)/b17-9+. The molecule has 0 spiro atoms. The zero-order valence-electron chi connectivity index (χ0n) is 16.2. The van der Waals surface area contributed by atoms with Crippen LogP contribution in [0.25, 0.3) is 11.8 Å². The lowest BCUT2D eigenvalue weighted by atomic mass is 10.2. The predicted octanol–water partition coefficient (Wildman–Crippen LogP) is 3.44. The molecule has 2 aromatic carbocycles. The fourth-order valence-corrected chi connectivity index (χ4v) is 4.20. The molecule has 1 fully saturated rings. The summed E-state index contributed by atoms with van der Waals surface area (Å²) in [6, 6.07) is 11.5. The summed E-state index contributed by atoms with van der Waals surface area (Å²) in [5.41, 5.74) is 1.71. The average molecular weight is 489 g/mol. The van der Waals surface area contributed by atoms with Crippen molar-refractivity contribution in [3.63, 3.8) is 0 Å². The quantitative estimate of drug-likeness (QED) is 0.529. The molecule has 0 atom stereocenters. The van der Waals surface area contributed by atoms with Crippen LogP contribution < -0.4 is 5.32 Å². The Kier molecular flexibility index (Phi) is 6.54. The van der Waals surface area contributed by atoms with E-state index in [2.05, 4.69) is 20.8 Å². The van der Waals surface area contributed by atoms with Crippen molar-refractivity contribution in [1.82, 2.24) is 30.4 Å². The third-order valence-corrected chi connectivity index (χ3v) is 5.96. The van der Waals surface area contributed by atoms with E-state index in [-0.39, 0.29) is 23.9 Å². The van der Waals surface area contributed by atoms with E-state index in [1.54, 1.807) is 48.5 Å². The Hall–Kier alpha value is -3.21. The topological polar surface area (TPSA) is 110 Å². The molecule has 0 unspecified atom stereocenters. The summed E-state index contributed by atoms with van der Waals surface area (Å²) >= 11 is 12.8. The van der Waals surface area contributed by atoms with Crippen LogP contribution in [0.5, 0.6) is 0 Å². The first-order chi connectivity index (χ1) is 15.4. The third kappa shape index (κ3) is 4.82. The average Bonchev–Trinajstić information content (AvgIpc) is 3.40. The van der Waals surface area contributed by atoms with E-state index >= 15 is 0 Å². The third-order valence-electron chi connectivity index (χ3n) is 4.49. The SMILES string of the molecule is O=C(NCCN1C(=O)S/C(=C/c2ccc(Cl)cc2Cl)C1=O)c1ccc(-n2cnnn2)cc1. The summed E-state index contributed by atoms with van der Waals surface area (Å²) in [5.74, 6) is -0.769. The number of imide groups is 1. The van der Waals surface area contributed by atoms with Crippen LogP contribution in [0.3, 0.4) is 0 Å². The van der Waals surface area contributed by atoms with E-state index in [9.17, 15) is 14.4 Å². The van der Waals surface area contributed by atoms with Gasteiger partial charge in [0.25, 0.3) is 17.1 Å². The van der Waals surface area contributed by atoms with E-state index in [1.165, 1.54) is 11.0 Å². The van der Waals surface area contributed by atoms with E-state index in [1.807, 2.05) is 0 Å². The number of thioether (sulfide) groups is 1. The van der Waals surface area contributed by atoms with Crippen molar-refractivity contribution < 1.29 is 14.4 Å². The van der Waals surface area contributed by atoms with Gasteiger partial charge >= 0.3 is 0 Å². The number of carbonyl (C=O) groups excluding carboxylic acids is 3. The predicted molar refractivity (Wildman–Crippen MR) is 121 cm³/mol. The van der Waals surface area contributed by atoms with Gasteiger partial charge in [0.05, 0.1) is 10.6 Å². The number of benzene rings is 2. The van der Waals surface area contributed by atoms with Crippen LogP contribution in [0, 0.1) is 0 Å². The van der Waals surface area contributed by atoms with Crippen molar-refractivity contribution in [3.8, 4) is 5.69 Å². The Labute approximate surface area is 196 Å². The maximum atomic E-state index is 12.6. The van der Waals surface area contributed by atoms with E-state index < -0.39 is 11.1 Å². The van der Waals surface area contributed by atoms with Crippen LogP contribution in [-0.2, 0) is 4.79 Å². The number of hydrogen-bond donors (Lipinski definition) is 1. The van der Waals surface area contributed by atoms with Gasteiger partial charge in [-0.15, -0.1) is 5.10 Å². The van der Waals surface area contributed by atoms with Gasteiger partial charge in [-0.2, -0.15) is 0 Å². The summed E-state index contributed by atoms with van der Waals surface area (Å²) in [7, 11) is 0. The number of nitrogens with one attached hydrogen (secondary N) is 1. The lowest BCUT2D eigenvalue weighted by molar-refractivity contribution is -0.122. The van der Waals surface area contributed by atoms with Gasteiger partial charge < -0.3 is 5.32 Å². The summed E-state index contributed by atoms with van der Waals surface area (Å²) in [5, 5.41) is 14.0. The monoisotopic (exact) mass is 488 g/mol. The highest BCUT2D eigenvalue weighted by molar-refractivity contribution is 8.18. The highest BCUT2D eigenvalue weighted by Gasteiger charge is 2.34. The second-order valence-corrected chi connectivity index (χ2v) is 8.39. The van der Waals surface area contributed by atoms with Gasteiger partial charge in [-0.05, 0) is 70.2 Å². The molecule has 9 nitrogen and oxygen atoms in total. The number of amides is 3. The lowest BCUT2D eigenvalue weighted by Gasteiger charge is -2.13. The van der Waals surface area contributed by atoms with Gasteiger partial charge in [0.15, 0.2) is 0 Å². The molecule has 32 heavy (non-hydrogen) atoms. The highest BCUT2D eigenvalue weighted by atomic mass is 35.5. The van der Waals surface area contributed by atoms with Gasteiger partial charge in [-0.25, -0.2) is 4.68 Å². The molecule has 0 saturated carbocycles. The number of tetrazole rings is 1. The van der Waals surface area contributed by atoms with Crippen molar-refractivity contribution in [3.05, 3.63) is 74.9 Å². The van der Waals surface area contributed by atoms with Crippen molar-refractivity contribution in [2.24, 2.45) is 0 Å². The van der Waals surface area contributed by atoms with Gasteiger partial charge in [0.1, 0.15) is 6.33 Å². The van der Waals surface area contributed by atoms with Crippen LogP contribution in [-0.4, -0.2) is 55.3 Å². The normalized spacial score (nSPS) is 14.9. The summed E-state index contributed by atoms with van der Waals surface area (Å²) < 4.78 is 1.46. The molecule has 0 bridgehead atoms. The first-order valence-electron chi connectivity index (χ1n) is 9.24. The molecule has 0 radical (unpaired) electrons. The molecule has 0 aliphatic carbocycles. The minimum atomic E-state index is -0.439. The number of halogens is 2. The number of carbonyl (C=O) groups is 3. The molecular formula is C20H14Cl2N6O3S. The Balaban J connectivity index is 1.34. The molecular weight excluding hydrogens is 475 g/mol. The smallest absolute Gasteiger partial charge is 0.293 e. The fourth-order valence-electron chi connectivity index (χ4n) is 2.88. The fraction of sp³-hybridized carbons (Fsp3) is 0.100. The number of nitrogens with zero attached hydrogens (tertiary/aromatic N) is 5. The Morgan fingerprint density at radius 1 is 1.12 bits per heavy atom. The van der Waals surface area contributed by atoms with E-state index in [0.29, 0.717) is 26.9 Å². The molecule has 3 aromatic rings. The zero-order valence-corrected chi connectivity index (χ0v) is 18.6. The second kappa shape index (κ2) is 9.51. The number of aromatic nitrogens is 4. The summed E-state index contributed by atoms with van der Waals surface area (Å²) in [6.45, 7) is 0.158. The first kappa shape index (κ1) is 22.0. The molecule has 3 amide bonds. The molecule has 2 heterocycles. The van der Waals surface area contributed by atoms with Crippen LogP contribution in [0.2, 0.25) is 10.0 Å². The van der Waals surface area contributed by atoms with Crippen molar-refractivity contribution in [2.75, 3.05) is 13.1 Å². The second-order valence-electron chi connectivity index (χ2n) is 6.56. The molecule has 1 saturated heterocycles. The number of rotatable bonds is 6.